The van der Waals surface area contributed by atoms with Crippen molar-refractivity contribution in [3.8, 4) is 0 Å². The minimum Gasteiger partial charge on any atom is -0.443 e. The number of hydrogen-bond acceptors (Lipinski definition) is 4. The Morgan fingerprint density at radius 1 is 1.22 bits per heavy atom. The molecule has 0 spiro atoms. The van der Waals surface area contributed by atoms with Gasteiger partial charge in [0.25, 0.3) is 0 Å². The van der Waals surface area contributed by atoms with Gasteiger partial charge in [0.1, 0.15) is 5.76 Å². The Labute approximate surface area is 165 Å². The molecule has 0 saturated carbocycles. The highest BCUT2D eigenvalue weighted by molar-refractivity contribution is 5.79. The second-order valence-corrected chi connectivity index (χ2v) is 8.56. The molecule has 0 aliphatic carbocycles. The molecular weight excluding hydrogens is 338 g/mol. The molecule has 1 saturated heterocycles. The summed E-state index contributed by atoms with van der Waals surface area (Å²) in [5, 5.41) is 6.87. The van der Waals surface area contributed by atoms with Crippen LogP contribution in [0.5, 0.6) is 0 Å². The van der Waals surface area contributed by atoms with E-state index in [9.17, 15) is 0 Å². The van der Waals surface area contributed by atoms with Crippen molar-refractivity contribution in [3.63, 3.8) is 0 Å². The third-order valence-electron chi connectivity index (χ3n) is 5.60. The fourth-order valence-electron chi connectivity index (χ4n) is 3.82. The normalized spacial score (nSPS) is 17.5. The van der Waals surface area contributed by atoms with E-state index in [2.05, 4.69) is 60.1 Å². The lowest BCUT2D eigenvalue weighted by Crippen LogP contribution is -2.49. The predicted molar refractivity (Wildman–Crippen MR) is 112 cm³/mol. The quantitative estimate of drug-likeness (QED) is 0.536. The van der Waals surface area contributed by atoms with Crippen LogP contribution in [-0.4, -0.2) is 48.6 Å². The minimum absolute atomic E-state index is 0.0244. The first-order valence-corrected chi connectivity index (χ1v) is 10.5. The zero-order valence-corrected chi connectivity index (χ0v) is 18.1. The molecule has 1 aliphatic heterocycles. The number of aromatic nitrogens is 1. The summed E-state index contributed by atoms with van der Waals surface area (Å²) in [4.78, 5) is 11.4. The fraction of sp³-hybridized carbons (Fsp3) is 0.810. The Morgan fingerprint density at radius 2 is 1.89 bits per heavy atom. The molecular formula is C21H39N5O. The number of nitrogens with one attached hydrogen (secondary N) is 2. The topological polar surface area (TPSA) is 65.7 Å². The van der Waals surface area contributed by atoms with Gasteiger partial charge in [-0.25, -0.2) is 4.98 Å². The molecule has 1 aliphatic rings. The lowest BCUT2D eigenvalue weighted by atomic mass is 9.93. The molecule has 154 valence electrons. The van der Waals surface area contributed by atoms with Gasteiger partial charge in [0.15, 0.2) is 5.96 Å². The van der Waals surface area contributed by atoms with Crippen LogP contribution in [0, 0.1) is 5.92 Å². The Morgan fingerprint density at radius 3 is 2.41 bits per heavy atom. The summed E-state index contributed by atoms with van der Waals surface area (Å²) in [5.41, 5.74) is -0.0244. The Kier molecular flexibility index (Phi) is 8.14. The Hall–Kier alpha value is -1.56. The van der Waals surface area contributed by atoms with E-state index in [4.69, 9.17) is 4.42 Å². The van der Waals surface area contributed by atoms with Crippen molar-refractivity contribution in [2.75, 3.05) is 26.7 Å². The second kappa shape index (κ2) is 10.1. The highest BCUT2D eigenvalue weighted by atomic mass is 16.4. The zero-order valence-electron chi connectivity index (χ0n) is 18.1. The molecule has 27 heavy (non-hydrogen) atoms. The van der Waals surface area contributed by atoms with Crippen molar-refractivity contribution in [1.82, 2.24) is 20.5 Å². The Bertz CT molecular complexity index is 578. The summed E-state index contributed by atoms with van der Waals surface area (Å²) < 4.78 is 5.86. The van der Waals surface area contributed by atoms with E-state index < -0.39 is 0 Å². The number of nitrogens with zero attached hydrogens (tertiary/aromatic N) is 3. The van der Waals surface area contributed by atoms with Crippen molar-refractivity contribution >= 4 is 5.96 Å². The molecule has 1 aromatic rings. The molecule has 1 atom stereocenters. The van der Waals surface area contributed by atoms with E-state index in [1.54, 1.807) is 0 Å². The van der Waals surface area contributed by atoms with Gasteiger partial charge in [0, 0.05) is 25.0 Å². The summed E-state index contributed by atoms with van der Waals surface area (Å²) in [5.74, 6) is 3.12. The van der Waals surface area contributed by atoms with Gasteiger partial charge < -0.3 is 15.1 Å². The van der Waals surface area contributed by atoms with Crippen LogP contribution in [0.3, 0.4) is 0 Å². The maximum atomic E-state index is 5.86. The van der Waals surface area contributed by atoms with Gasteiger partial charge in [-0.15, -0.1) is 0 Å². The van der Waals surface area contributed by atoms with Crippen molar-refractivity contribution in [2.24, 2.45) is 10.9 Å². The second-order valence-electron chi connectivity index (χ2n) is 8.56. The van der Waals surface area contributed by atoms with Gasteiger partial charge >= 0.3 is 0 Å². The van der Waals surface area contributed by atoms with E-state index in [1.807, 2.05) is 13.2 Å². The van der Waals surface area contributed by atoms with E-state index in [1.165, 1.54) is 38.8 Å². The van der Waals surface area contributed by atoms with Gasteiger partial charge in [-0.05, 0) is 31.8 Å². The Balaban J connectivity index is 1.90. The molecule has 1 unspecified atom stereocenters. The summed E-state index contributed by atoms with van der Waals surface area (Å²) in [6.45, 7) is 14.9. The number of aliphatic imine (C=N–C) groups is 1. The smallest absolute Gasteiger partial charge is 0.213 e. The van der Waals surface area contributed by atoms with Gasteiger partial charge in [-0.1, -0.05) is 47.5 Å². The third-order valence-corrected chi connectivity index (χ3v) is 5.60. The summed E-state index contributed by atoms with van der Waals surface area (Å²) >= 11 is 0. The van der Waals surface area contributed by atoms with Crippen LogP contribution in [0.1, 0.15) is 72.0 Å². The average molecular weight is 378 g/mol. The van der Waals surface area contributed by atoms with E-state index in [-0.39, 0.29) is 5.41 Å². The maximum Gasteiger partial charge on any atom is 0.213 e. The van der Waals surface area contributed by atoms with E-state index in [0.717, 1.165) is 24.2 Å². The largest absolute Gasteiger partial charge is 0.443 e. The SMILES string of the molecule is CCC(CC)C(CNC(=NC)NCc1ncc(C(C)(C)C)o1)N1CCCC1. The molecule has 0 aromatic carbocycles. The fourth-order valence-corrected chi connectivity index (χ4v) is 3.82. The van der Waals surface area contributed by atoms with E-state index in [0.29, 0.717) is 18.5 Å². The standard InChI is InChI=1S/C21H39N5O/c1-7-16(8-2)17(26-11-9-10-12-26)13-24-20(22-6)25-15-19-23-14-18(27-19)21(3,4)5/h14,16-17H,7-13,15H2,1-6H3,(H2,22,24,25). The van der Waals surface area contributed by atoms with Gasteiger partial charge in [-0.3, -0.25) is 9.89 Å². The number of hydrogen-bond donors (Lipinski definition) is 2. The first-order valence-electron chi connectivity index (χ1n) is 10.5. The van der Waals surface area contributed by atoms with Gasteiger partial charge in [0.2, 0.25) is 5.89 Å². The van der Waals surface area contributed by atoms with Crippen molar-refractivity contribution in [1.29, 1.82) is 0 Å². The molecule has 2 rings (SSSR count). The van der Waals surface area contributed by atoms with Crippen LogP contribution in [-0.2, 0) is 12.0 Å². The van der Waals surface area contributed by atoms with Gasteiger partial charge in [-0.2, -0.15) is 0 Å². The molecule has 6 heteroatoms. The lowest BCUT2D eigenvalue weighted by molar-refractivity contribution is 0.166. The van der Waals surface area contributed by atoms with Crippen LogP contribution in [0.4, 0.5) is 0 Å². The summed E-state index contributed by atoms with van der Waals surface area (Å²) in [6, 6.07) is 0.565. The molecule has 6 nitrogen and oxygen atoms in total. The lowest BCUT2D eigenvalue weighted by Gasteiger charge is -2.34. The van der Waals surface area contributed by atoms with Crippen LogP contribution < -0.4 is 10.6 Å². The molecule has 0 radical (unpaired) electrons. The van der Waals surface area contributed by atoms with Crippen molar-refractivity contribution in [2.45, 2.75) is 78.3 Å². The number of oxazole rings is 1. The number of likely N-dealkylation sites (tertiary alicyclic amines) is 1. The van der Waals surface area contributed by atoms with E-state index >= 15 is 0 Å². The van der Waals surface area contributed by atoms with Crippen LogP contribution in [0.15, 0.2) is 15.6 Å². The zero-order chi connectivity index (χ0) is 19.9. The molecule has 0 amide bonds. The number of guanidine groups is 1. The molecule has 0 bridgehead atoms. The van der Waals surface area contributed by atoms with Crippen molar-refractivity contribution in [3.05, 3.63) is 17.8 Å². The number of rotatable bonds is 8. The minimum atomic E-state index is -0.0244. The van der Waals surface area contributed by atoms with Gasteiger partial charge in [0.05, 0.1) is 12.7 Å². The molecule has 1 aromatic heterocycles. The highest BCUT2D eigenvalue weighted by Crippen LogP contribution is 2.23. The molecule has 2 heterocycles. The summed E-state index contributed by atoms with van der Waals surface area (Å²) in [7, 11) is 1.81. The van der Waals surface area contributed by atoms with Crippen molar-refractivity contribution < 1.29 is 4.42 Å². The first kappa shape index (κ1) is 21.7. The highest BCUT2D eigenvalue weighted by Gasteiger charge is 2.27. The average Bonchev–Trinajstić information content (AvgIpc) is 3.32. The monoisotopic (exact) mass is 377 g/mol. The van der Waals surface area contributed by atoms with Crippen LogP contribution in [0.25, 0.3) is 0 Å². The summed E-state index contributed by atoms with van der Waals surface area (Å²) in [6.07, 6.45) is 6.91. The predicted octanol–water partition coefficient (Wildman–Crippen LogP) is 3.54. The molecule has 2 N–H and O–H groups in total. The van der Waals surface area contributed by atoms with Crippen LogP contribution in [0.2, 0.25) is 0 Å². The maximum absolute atomic E-state index is 5.86. The molecule has 1 fully saturated rings. The first-order chi connectivity index (χ1) is 12.9. The van der Waals surface area contributed by atoms with Crippen LogP contribution >= 0.6 is 0 Å². The third kappa shape index (κ3) is 6.23.